The molecule has 1 N–H and O–H groups in total. The number of hydrogen-bond donors (Lipinski definition) is 1. The Morgan fingerprint density at radius 3 is 2.95 bits per heavy atom. The number of rotatable bonds is 2. The van der Waals surface area contributed by atoms with Crippen LogP contribution in [0, 0.1) is 0 Å². The van der Waals surface area contributed by atoms with Crippen LogP contribution in [0.15, 0.2) is 24.4 Å². The third kappa shape index (κ3) is 2.29. The van der Waals surface area contributed by atoms with Crippen LogP contribution in [0.4, 0.5) is 0 Å². The summed E-state index contributed by atoms with van der Waals surface area (Å²) in [4.78, 5) is 0. The highest BCUT2D eigenvalue weighted by Gasteiger charge is 2.29. The Morgan fingerprint density at radius 1 is 1.19 bits per heavy atom. The molecule has 0 bridgehead atoms. The molecular weight excluding hydrogens is 282 g/mol. The van der Waals surface area contributed by atoms with Gasteiger partial charge in [0.25, 0.3) is 0 Å². The van der Waals surface area contributed by atoms with Crippen molar-refractivity contribution in [3.8, 4) is 0 Å². The van der Waals surface area contributed by atoms with Gasteiger partial charge in [-0.15, -0.1) is 0 Å². The topological polar surface area (TPSA) is 29.9 Å². The van der Waals surface area contributed by atoms with E-state index in [2.05, 4.69) is 22.5 Å². The van der Waals surface area contributed by atoms with Crippen molar-refractivity contribution in [3.05, 3.63) is 51.8 Å². The van der Waals surface area contributed by atoms with Gasteiger partial charge in [-0.2, -0.15) is 5.10 Å². The van der Waals surface area contributed by atoms with Crippen molar-refractivity contribution in [2.24, 2.45) is 7.05 Å². The summed E-state index contributed by atoms with van der Waals surface area (Å²) in [6, 6.07) is 7.21. The molecule has 2 atom stereocenters. The number of nitrogens with zero attached hydrogens (tertiary/aromatic N) is 2. The molecule has 1 aromatic carbocycles. The van der Waals surface area contributed by atoms with Gasteiger partial charge in [0.1, 0.15) is 0 Å². The van der Waals surface area contributed by atoms with Gasteiger partial charge in [-0.25, -0.2) is 0 Å². The van der Waals surface area contributed by atoms with Gasteiger partial charge in [0.15, 0.2) is 0 Å². The highest BCUT2D eigenvalue weighted by Crippen LogP contribution is 2.37. The molecule has 2 aromatic rings. The highest BCUT2D eigenvalue weighted by atomic mass is 35.5. The molecular formula is C17H20ClN3. The fourth-order valence-electron chi connectivity index (χ4n) is 3.88. The van der Waals surface area contributed by atoms with Gasteiger partial charge < -0.3 is 5.32 Å². The van der Waals surface area contributed by atoms with Crippen LogP contribution >= 0.6 is 11.6 Å². The fourth-order valence-corrected chi connectivity index (χ4v) is 4.08. The summed E-state index contributed by atoms with van der Waals surface area (Å²) in [6.07, 6.45) is 7.94. The SMILES string of the molecule is Cn1ncc2c1CCCC2NC1CCc2cc(Cl)ccc21. The second-order valence-corrected chi connectivity index (χ2v) is 6.65. The molecule has 0 spiro atoms. The van der Waals surface area contributed by atoms with Gasteiger partial charge in [0.2, 0.25) is 0 Å². The number of aromatic nitrogens is 2. The summed E-state index contributed by atoms with van der Waals surface area (Å²) in [5.74, 6) is 0. The first-order valence-electron chi connectivity index (χ1n) is 7.77. The van der Waals surface area contributed by atoms with Crippen molar-refractivity contribution in [2.45, 2.75) is 44.2 Å². The number of fused-ring (bicyclic) bond motifs is 2. The number of benzene rings is 1. The molecule has 4 heteroatoms. The molecule has 0 fully saturated rings. The van der Waals surface area contributed by atoms with Crippen molar-refractivity contribution in [2.75, 3.05) is 0 Å². The lowest BCUT2D eigenvalue weighted by molar-refractivity contribution is 0.395. The lowest BCUT2D eigenvalue weighted by Crippen LogP contribution is -2.28. The normalized spacial score (nSPS) is 23.9. The van der Waals surface area contributed by atoms with E-state index in [4.69, 9.17) is 11.6 Å². The zero-order chi connectivity index (χ0) is 14.4. The van der Waals surface area contributed by atoms with Crippen molar-refractivity contribution in [3.63, 3.8) is 0 Å². The van der Waals surface area contributed by atoms with E-state index in [0.29, 0.717) is 12.1 Å². The van der Waals surface area contributed by atoms with E-state index >= 15 is 0 Å². The van der Waals surface area contributed by atoms with E-state index in [-0.39, 0.29) is 0 Å². The van der Waals surface area contributed by atoms with Crippen LogP contribution in [0.2, 0.25) is 5.02 Å². The fraction of sp³-hybridized carbons (Fsp3) is 0.471. The number of nitrogens with one attached hydrogen (secondary N) is 1. The van der Waals surface area contributed by atoms with Gasteiger partial charge in [-0.1, -0.05) is 17.7 Å². The first-order chi connectivity index (χ1) is 10.2. The van der Waals surface area contributed by atoms with Crippen LogP contribution < -0.4 is 5.32 Å². The van der Waals surface area contributed by atoms with Crippen molar-refractivity contribution >= 4 is 11.6 Å². The summed E-state index contributed by atoms with van der Waals surface area (Å²) < 4.78 is 2.03. The van der Waals surface area contributed by atoms with Gasteiger partial charge in [0, 0.05) is 35.4 Å². The second kappa shape index (κ2) is 5.15. The summed E-state index contributed by atoms with van der Waals surface area (Å²) in [7, 11) is 2.05. The Balaban J connectivity index is 1.59. The van der Waals surface area contributed by atoms with Gasteiger partial charge in [-0.3, -0.25) is 4.68 Å². The molecule has 2 unspecified atom stereocenters. The molecule has 0 amide bonds. The molecule has 1 heterocycles. The van der Waals surface area contributed by atoms with Gasteiger partial charge in [-0.05, 0) is 55.4 Å². The minimum atomic E-state index is 0.439. The lowest BCUT2D eigenvalue weighted by atomic mass is 9.92. The molecule has 21 heavy (non-hydrogen) atoms. The summed E-state index contributed by atoms with van der Waals surface area (Å²) >= 11 is 6.10. The average Bonchev–Trinajstić information content (AvgIpc) is 3.04. The predicted molar refractivity (Wildman–Crippen MR) is 84.5 cm³/mol. The summed E-state index contributed by atoms with van der Waals surface area (Å²) in [5.41, 5.74) is 5.62. The monoisotopic (exact) mass is 301 g/mol. The van der Waals surface area contributed by atoms with Crippen molar-refractivity contribution in [1.29, 1.82) is 0 Å². The maximum Gasteiger partial charge on any atom is 0.0540 e. The maximum absolute atomic E-state index is 6.10. The minimum absolute atomic E-state index is 0.439. The lowest BCUT2D eigenvalue weighted by Gasteiger charge is -2.27. The maximum atomic E-state index is 6.10. The first kappa shape index (κ1) is 13.4. The van der Waals surface area contributed by atoms with Crippen molar-refractivity contribution in [1.82, 2.24) is 15.1 Å². The quantitative estimate of drug-likeness (QED) is 0.916. The van der Waals surface area contributed by atoms with Crippen LogP contribution in [0.25, 0.3) is 0 Å². The molecule has 3 nitrogen and oxygen atoms in total. The van der Waals surface area contributed by atoms with Crippen LogP contribution in [-0.4, -0.2) is 9.78 Å². The minimum Gasteiger partial charge on any atom is -0.303 e. The molecule has 4 rings (SSSR count). The zero-order valence-corrected chi connectivity index (χ0v) is 13.0. The third-order valence-electron chi connectivity index (χ3n) is 4.96. The van der Waals surface area contributed by atoms with Crippen LogP contribution in [0.3, 0.4) is 0 Å². The van der Waals surface area contributed by atoms with E-state index in [1.807, 2.05) is 24.0 Å². The van der Waals surface area contributed by atoms with Crippen LogP contribution in [0.1, 0.15) is 53.7 Å². The Morgan fingerprint density at radius 2 is 2.05 bits per heavy atom. The average molecular weight is 302 g/mol. The third-order valence-corrected chi connectivity index (χ3v) is 5.20. The smallest absolute Gasteiger partial charge is 0.0540 e. The van der Waals surface area contributed by atoms with Crippen LogP contribution in [0.5, 0.6) is 0 Å². The van der Waals surface area contributed by atoms with E-state index in [0.717, 1.165) is 17.9 Å². The molecule has 1 aromatic heterocycles. The standard InChI is InChI=1S/C17H20ClN3/c1-21-17-4-2-3-15(14(17)10-19-21)20-16-8-5-11-9-12(18)6-7-13(11)16/h6-7,9-10,15-16,20H,2-5,8H2,1H3. The van der Waals surface area contributed by atoms with Crippen molar-refractivity contribution < 1.29 is 0 Å². The Kier molecular flexibility index (Phi) is 3.27. The zero-order valence-electron chi connectivity index (χ0n) is 12.3. The largest absolute Gasteiger partial charge is 0.303 e. The molecule has 0 saturated carbocycles. The molecule has 2 aliphatic carbocycles. The van der Waals surface area contributed by atoms with E-state index in [1.54, 1.807) is 0 Å². The van der Waals surface area contributed by atoms with E-state index in [1.165, 1.54) is 41.6 Å². The van der Waals surface area contributed by atoms with E-state index in [9.17, 15) is 0 Å². The molecule has 110 valence electrons. The van der Waals surface area contributed by atoms with Crippen LogP contribution in [-0.2, 0) is 19.9 Å². The molecule has 0 aliphatic heterocycles. The predicted octanol–water partition coefficient (Wildman–Crippen LogP) is 3.73. The highest BCUT2D eigenvalue weighted by molar-refractivity contribution is 6.30. The number of hydrogen-bond acceptors (Lipinski definition) is 2. The first-order valence-corrected chi connectivity index (χ1v) is 8.15. The Labute approximate surface area is 130 Å². The Bertz CT molecular complexity index is 677. The summed E-state index contributed by atoms with van der Waals surface area (Å²) in [6.45, 7) is 0. The summed E-state index contributed by atoms with van der Waals surface area (Å²) in [5, 5.41) is 9.15. The van der Waals surface area contributed by atoms with Gasteiger partial charge in [0.05, 0.1) is 6.20 Å². The number of aryl methyl sites for hydroxylation is 2. The Hall–Kier alpha value is -1.32. The van der Waals surface area contributed by atoms with E-state index < -0.39 is 0 Å². The second-order valence-electron chi connectivity index (χ2n) is 6.22. The number of halogens is 1. The molecule has 0 radical (unpaired) electrons. The molecule has 2 aliphatic rings. The van der Waals surface area contributed by atoms with Gasteiger partial charge >= 0.3 is 0 Å². The molecule has 0 saturated heterocycles.